The average molecular weight is 340 g/mol. The number of fused-ring (bicyclic) bond motifs is 2. The van der Waals surface area contributed by atoms with Crippen molar-refractivity contribution in [3.63, 3.8) is 0 Å². The van der Waals surface area contributed by atoms with Crippen LogP contribution in [0.3, 0.4) is 0 Å². The van der Waals surface area contributed by atoms with Crippen LogP contribution < -0.4 is 10.1 Å². The number of methoxy groups -OCH3 is 1. The quantitative estimate of drug-likeness (QED) is 0.840. The Kier molecular flexibility index (Phi) is 4.32. The summed E-state index contributed by atoms with van der Waals surface area (Å²) >= 11 is 0. The van der Waals surface area contributed by atoms with Crippen LogP contribution >= 0.6 is 0 Å². The van der Waals surface area contributed by atoms with E-state index in [1.54, 1.807) is 13.4 Å². The number of ether oxygens (including phenoxy) is 1. The van der Waals surface area contributed by atoms with Crippen LogP contribution in [0, 0.1) is 23.2 Å². The lowest BCUT2D eigenvalue weighted by molar-refractivity contribution is -0.103. The van der Waals surface area contributed by atoms with Gasteiger partial charge in [-0.1, -0.05) is 13.8 Å². The molecule has 3 aliphatic carbocycles. The van der Waals surface area contributed by atoms with E-state index < -0.39 is 0 Å². The van der Waals surface area contributed by atoms with Crippen molar-refractivity contribution in [3.8, 4) is 17.2 Å². The Labute approximate surface area is 150 Å². The van der Waals surface area contributed by atoms with Gasteiger partial charge < -0.3 is 14.5 Å². The fourth-order valence-corrected chi connectivity index (χ4v) is 4.85. The summed E-state index contributed by atoms with van der Waals surface area (Å²) in [5.41, 5.74) is 2.49. The van der Waals surface area contributed by atoms with E-state index in [2.05, 4.69) is 24.1 Å². The Morgan fingerprint density at radius 1 is 1.24 bits per heavy atom. The van der Waals surface area contributed by atoms with Gasteiger partial charge in [-0.05, 0) is 73.2 Å². The van der Waals surface area contributed by atoms with Crippen molar-refractivity contribution < 1.29 is 9.15 Å². The fraction of sp³-hybridized carbons (Fsp3) is 0.571. The minimum absolute atomic E-state index is 0.556. The Morgan fingerprint density at radius 3 is 2.72 bits per heavy atom. The van der Waals surface area contributed by atoms with Crippen molar-refractivity contribution in [1.82, 2.24) is 10.3 Å². The number of benzene rings is 1. The SMILES string of the molecule is COc1ccc(-c2nc(CNC[C@@H]3CC[C@H]4C[C@@H]3C4(C)C)co2)cc1. The molecule has 3 fully saturated rings. The number of nitrogens with zero attached hydrogens (tertiary/aromatic N) is 1. The Morgan fingerprint density at radius 2 is 2.04 bits per heavy atom. The summed E-state index contributed by atoms with van der Waals surface area (Å²) in [6.45, 7) is 6.77. The van der Waals surface area contributed by atoms with E-state index in [1.165, 1.54) is 19.3 Å². The number of rotatable bonds is 6. The van der Waals surface area contributed by atoms with Crippen molar-refractivity contribution in [2.45, 2.75) is 39.7 Å². The van der Waals surface area contributed by atoms with Crippen LogP contribution in [0.5, 0.6) is 5.75 Å². The highest BCUT2D eigenvalue weighted by Crippen LogP contribution is 2.61. The molecule has 0 saturated heterocycles. The van der Waals surface area contributed by atoms with Crippen molar-refractivity contribution >= 4 is 0 Å². The van der Waals surface area contributed by atoms with E-state index in [-0.39, 0.29) is 0 Å². The highest BCUT2D eigenvalue weighted by molar-refractivity contribution is 5.54. The van der Waals surface area contributed by atoms with Gasteiger partial charge in [-0.25, -0.2) is 4.98 Å². The molecule has 0 spiro atoms. The summed E-state index contributed by atoms with van der Waals surface area (Å²) in [6, 6.07) is 7.79. The average Bonchev–Trinajstić information content (AvgIpc) is 3.10. The number of nitrogens with one attached hydrogen (secondary N) is 1. The molecule has 1 N–H and O–H groups in total. The topological polar surface area (TPSA) is 47.3 Å². The second-order valence-corrected chi connectivity index (χ2v) is 8.20. The van der Waals surface area contributed by atoms with Gasteiger partial charge in [-0.2, -0.15) is 0 Å². The molecule has 0 amide bonds. The normalized spacial score (nSPS) is 26.9. The summed E-state index contributed by atoms with van der Waals surface area (Å²) in [6.07, 6.45) is 5.98. The summed E-state index contributed by atoms with van der Waals surface area (Å²) in [5, 5.41) is 3.60. The molecule has 5 rings (SSSR count). The highest BCUT2D eigenvalue weighted by Gasteiger charge is 2.53. The minimum atomic E-state index is 0.556. The maximum absolute atomic E-state index is 5.64. The first kappa shape index (κ1) is 16.6. The molecule has 1 aromatic heterocycles. The van der Waals surface area contributed by atoms with Gasteiger partial charge in [-0.3, -0.25) is 0 Å². The molecule has 3 atom stereocenters. The first-order valence-corrected chi connectivity index (χ1v) is 9.37. The molecule has 1 heterocycles. The highest BCUT2D eigenvalue weighted by atomic mass is 16.5. The molecule has 1 aromatic carbocycles. The lowest BCUT2D eigenvalue weighted by Gasteiger charge is -2.60. The molecule has 2 aromatic rings. The van der Waals surface area contributed by atoms with Gasteiger partial charge in [0.2, 0.25) is 5.89 Å². The van der Waals surface area contributed by atoms with Gasteiger partial charge in [0.1, 0.15) is 12.0 Å². The van der Waals surface area contributed by atoms with Gasteiger partial charge in [0.25, 0.3) is 0 Å². The maximum Gasteiger partial charge on any atom is 0.226 e. The zero-order valence-electron chi connectivity index (χ0n) is 15.4. The van der Waals surface area contributed by atoms with E-state index in [0.29, 0.717) is 11.3 Å². The predicted molar refractivity (Wildman–Crippen MR) is 98.3 cm³/mol. The molecule has 0 radical (unpaired) electrons. The molecule has 134 valence electrons. The lowest BCUT2D eigenvalue weighted by atomic mass is 9.45. The number of oxazole rings is 1. The first-order valence-electron chi connectivity index (χ1n) is 9.37. The summed E-state index contributed by atoms with van der Waals surface area (Å²) in [4.78, 5) is 4.61. The second kappa shape index (κ2) is 6.49. The maximum atomic E-state index is 5.64. The Balaban J connectivity index is 1.31. The second-order valence-electron chi connectivity index (χ2n) is 8.20. The largest absolute Gasteiger partial charge is 0.497 e. The smallest absolute Gasteiger partial charge is 0.226 e. The number of aromatic nitrogens is 1. The molecule has 3 aliphatic rings. The third kappa shape index (κ3) is 3.08. The van der Waals surface area contributed by atoms with Crippen LogP contribution in [0.25, 0.3) is 11.5 Å². The third-order valence-corrected chi connectivity index (χ3v) is 6.60. The Bertz CT molecular complexity index is 718. The molecule has 4 nitrogen and oxygen atoms in total. The Hall–Kier alpha value is -1.81. The zero-order chi connectivity index (χ0) is 17.4. The lowest BCUT2D eigenvalue weighted by Crippen LogP contribution is -2.54. The molecule has 3 saturated carbocycles. The van der Waals surface area contributed by atoms with E-state index in [9.17, 15) is 0 Å². The fourth-order valence-electron chi connectivity index (χ4n) is 4.85. The van der Waals surface area contributed by atoms with Crippen LogP contribution in [0.15, 0.2) is 34.9 Å². The first-order chi connectivity index (χ1) is 12.1. The van der Waals surface area contributed by atoms with Crippen molar-refractivity contribution in [1.29, 1.82) is 0 Å². The van der Waals surface area contributed by atoms with Gasteiger partial charge >= 0.3 is 0 Å². The summed E-state index contributed by atoms with van der Waals surface area (Å²) in [7, 11) is 1.67. The van der Waals surface area contributed by atoms with Gasteiger partial charge in [0, 0.05) is 12.1 Å². The van der Waals surface area contributed by atoms with Crippen LogP contribution in [0.1, 0.15) is 38.8 Å². The monoisotopic (exact) mass is 340 g/mol. The zero-order valence-corrected chi connectivity index (χ0v) is 15.4. The molecular weight excluding hydrogens is 312 g/mol. The van der Waals surface area contributed by atoms with Gasteiger partial charge in [0.15, 0.2) is 0 Å². The van der Waals surface area contributed by atoms with Crippen LogP contribution in [0.2, 0.25) is 0 Å². The number of hydrogen-bond acceptors (Lipinski definition) is 4. The summed E-state index contributed by atoms with van der Waals surface area (Å²) in [5.74, 6) is 4.18. The van der Waals surface area contributed by atoms with Crippen molar-refractivity contribution in [2.75, 3.05) is 13.7 Å². The van der Waals surface area contributed by atoms with E-state index in [0.717, 1.165) is 47.9 Å². The molecular formula is C21H28N2O2. The van der Waals surface area contributed by atoms with Crippen LogP contribution in [0.4, 0.5) is 0 Å². The van der Waals surface area contributed by atoms with Gasteiger partial charge in [-0.15, -0.1) is 0 Å². The van der Waals surface area contributed by atoms with Crippen LogP contribution in [-0.2, 0) is 6.54 Å². The van der Waals surface area contributed by atoms with Crippen LogP contribution in [-0.4, -0.2) is 18.6 Å². The molecule has 0 unspecified atom stereocenters. The van der Waals surface area contributed by atoms with Crippen molar-refractivity contribution in [2.24, 2.45) is 23.2 Å². The molecule has 4 heteroatoms. The third-order valence-electron chi connectivity index (χ3n) is 6.60. The predicted octanol–water partition coefficient (Wildman–Crippen LogP) is 4.51. The van der Waals surface area contributed by atoms with Gasteiger partial charge in [0.05, 0.1) is 12.8 Å². The number of hydrogen-bond donors (Lipinski definition) is 1. The van der Waals surface area contributed by atoms with E-state index in [1.807, 2.05) is 24.3 Å². The molecule has 25 heavy (non-hydrogen) atoms. The van der Waals surface area contributed by atoms with E-state index >= 15 is 0 Å². The minimum Gasteiger partial charge on any atom is -0.497 e. The molecule has 2 bridgehead atoms. The van der Waals surface area contributed by atoms with E-state index in [4.69, 9.17) is 9.15 Å². The summed E-state index contributed by atoms with van der Waals surface area (Å²) < 4.78 is 10.8. The standard InChI is InChI=1S/C21H28N2O2/c1-21(2)16-7-4-15(19(21)10-16)11-22-12-17-13-25-20(23-17)14-5-8-18(24-3)9-6-14/h5-6,8-9,13,15-16,19,22H,4,7,10-12H2,1-3H3/t15-,16-,19-/m0/s1. The molecule has 0 aliphatic heterocycles. The van der Waals surface area contributed by atoms with Crippen molar-refractivity contribution in [3.05, 3.63) is 36.2 Å².